The quantitative estimate of drug-likeness (QED) is 0.867. The molecule has 1 aliphatic rings. The molecule has 1 atom stereocenters. The van der Waals surface area contributed by atoms with Crippen LogP contribution in [0.4, 0.5) is 0 Å². The van der Waals surface area contributed by atoms with E-state index in [1.54, 1.807) is 9.36 Å². The fourth-order valence-corrected chi connectivity index (χ4v) is 2.53. The first-order valence-electron chi connectivity index (χ1n) is 6.56. The van der Waals surface area contributed by atoms with Gasteiger partial charge in [-0.25, -0.2) is 4.68 Å². The molecule has 1 N–H and O–H groups in total. The van der Waals surface area contributed by atoms with Crippen LogP contribution in [0.25, 0.3) is 11.4 Å². The van der Waals surface area contributed by atoms with E-state index in [2.05, 4.69) is 20.6 Å². The Balaban J connectivity index is 2.00. The lowest BCUT2D eigenvalue weighted by molar-refractivity contribution is -0.138. The summed E-state index contributed by atoms with van der Waals surface area (Å²) in [4.78, 5) is 11.1. The van der Waals surface area contributed by atoms with Gasteiger partial charge in [0.25, 0.3) is 0 Å². The second kappa shape index (κ2) is 4.69. The van der Waals surface area contributed by atoms with E-state index in [1.165, 1.54) is 0 Å². The van der Waals surface area contributed by atoms with Crippen LogP contribution in [0, 0.1) is 12.8 Å². The minimum absolute atomic E-state index is 0.0437. The first-order valence-corrected chi connectivity index (χ1v) is 6.56. The number of carboxylic acid groups (broad SMARTS) is 1. The summed E-state index contributed by atoms with van der Waals surface area (Å²) in [7, 11) is 1.83. The highest BCUT2D eigenvalue weighted by molar-refractivity contribution is 5.67. The third-order valence-electron chi connectivity index (χ3n) is 3.61. The second-order valence-corrected chi connectivity index (χ2v) is 5.25. The molecule has 8 nitrogen and oxygen atoms in total. The van der Waals surface area contributed by atoms with Gasteiger partial charge in [-0.05, 0) is 36.1 Å². The van der Waals surface area contributed by atoms with Crippen LogP contribution in [0.3, 0.4) is 0 Å². The molecule has 2 heterocycles. The lowest BCUT2D eigenvalue weighted by Crippen LogP contribution is -2.18. The number of nitrogens with zero attached hydrogens (tertiary/aromatic N) is 6. The molecular weight excluding hydrogens is 260 g/mol. The topological polar surface area (TPSA) is 98.7 Å². The Labute approximate surface area is 115 Å². The zero-order valence-corrected chi connectivity index (χ0v) is 11.4. The molecule has 106 valence electrons. The summed E-state index contributed by atoms with van der Waals surface area (Å²) < 4.78 is 3.35. The predicted octanol–water partition coefficient (Wildman–Crippen LogP) is 0.808. The lowest BCUT2D eigenvalue weighted by Gasteiger charge is -2.15. The largest absolute Gasteiger partial charge is 0.481 e. The maximum absolute atomic E-state index is 11.1. The Morgan fingerprint density at radius 3 is 2.85 bits per heavy atom. The van der Waals surface area contributed by atoms with Gasteiger partial charge in [-0.2, -0.15) is 5.10 Å². The van der Waals surface area contributed by atoms with E-state index >= 15 is 0 Å². The van der Waals surface area contributed by atoms with Crippen molar-refractivity contribution >= 4 is 5.97 Å². The molecule has 8 heteroatoms. The number of rotatable bonds is 5. The summed E-state index contributed by atoms with van der Waals surface area (Å²) >= 11 is 0. The summed E-state index contributed by atoms with van der Waals surface area (Å²) in [6, 6.07) is -0.183. The van der Waals surface area contributed by atoms with E-state index in [4.69, 9.17) is 5.11 Å². The van der Waals surface area contributed by atoms with Gasteiger partial charge in [0.2, 0.25) is 0 Å². The van der Waals surface area contributed by atoms with Crippen molar-refractivity contribution in [1.82, 2.24) is 30.0 Å². The van der Waals surface area contributed by atoms with Crippen molar-refractivity contribution in [3.05, 3.63) is 11.9 Å². The molecule has 0 aromatic carbocycles. The fourth-order valence-electron chi connectivity index (χ4n) is 2.53. The first-order chi connectivity index (χ1) is 9.56. The van der Waals surface area contributed by atoms with E-state index in [1.807, 2.05) is 20.2 Å². The molecule has 0 aliphatic heterocycles. The van der Waals surface area contributed by atoms with Crippen molar-refractivity contribution in [2.45, 2.75) is 32.2 Å². The van der Waals surface area contributed by atoms with E-state index in [9.17, 15) is 4.79 Å². The van der Waals surface area contributed by atoms with Gasteiger partial charge < -0.3 is 5.11 Å². The van der Waals surface area contributed by atoms with Crippen LogP contribution in [-0.2, 0) is 11.8 Å². The van der Waals surface area contributed by atoms with Crippen LogP contribution in [0.1, 0.15) is 31.0 Å². The minimum atomic E-state index is -0.828. The van der Waals surface area contributed by atoms with Crippen LogP contribution in [0.2, 0.25) is 0 Å². The molecule has 0 bridgehead atoms. The Hall–Kier alpha value is -2.25. The Kier molecular flexibility index (Phi) is 3.00. The van der Waals surface area contributed by atoms with Gasteiger partial charge in [0.05, 0.1) is 23.7 Å². The van der Waals surface area contributed by atoms with Gasteiger partial charge in [0.15, 0.2) is 5.82 Å². The summed E-state index contributed by atoms with van der Waals surface area (Å²) in [5.41, 5.74) is 1.67. The van der Waals surface area contributed by atoms with Crippen LogP contribution >= 0.6 is 0 Å². The van der Waals surface area contributed by atoms with Gasteiger partial charge in [0.1, 0.15) is 0 Å². The van der Waals surface area contributed by atoms with E-state index in [0.29, 0.717) is 11.7 Å². The Morgan fingerprint density at radius 1 is 1.55 bits per heavy atom. The van der Waals surface area contributed by atoms with Crippen molar-refractivity contribution in [1.29, 1.82) is 0 Å². The molecule has 0 spiro atoms. The van der Waals surface area contributed by atoms with Crippen LogP contribution in [-0.4, -0.2) is 41.1 Å². The molecule has 1 unspecified atom stereocenters. The summed E-state index contributed by atoms with van der Waals surface area (Å²) in [5, 5.41) is 25.1. The van der Waals surface area contributed by atoms with Crippen LogP contribution in [0.5, 0.6) is 0 Å². The van der Waals surface area contributed by atoms with Gasteiger partial charge in [-0.3, -0.25) is 9.48 Å². The number of carbonyl (C=O) groups is 1. The maximum atomic E-state index is 11.1. The van der Waals surface area contributed by atoms with Gasteiger partial charge in [-0.1, -0.05) is 0 Å². The summed E-state index contributed by atoms with van der Waals surface area (Å²) in [6.45, 7) is 1.89. The van der Waals surface area contributed by atoms with E-state index in [0.717, 1.165) is 24.1 Å². The van der Waals surface area contributed by atoms with Gasteiger partial charge in [0, 0.05) is 13.2 Å². The van der Waals surface area contributed by atoms with Crippen molar-refractivity contribution < 1.29 is 9.90 Å². The zero-order valence-electron chi connectivity index (χ0n) is 11.4. The molecule has 0 amide bonds. The second-order valence-electron chi connectivity index (χ2n) is 5.25. The number of tetrazole rings is 1. The van der Waals surface area contributed by atoms with Crippen molar-refractivity contribution in [2.75, 3.05) is 0 Å². The molecule has 20 heavy (non-hydrogen) atoms. The summed E-state index contributed by atoms with van der Waals surface area (Å²) in [6.07, 6.45) is 3.96. The molecule has 2 aromatic rings. The average molecular weight is 276 g/mol. The monoisotopic (exact) mass is 276 g/mol. The molecule has 1 aliphatic carbocycles. The Bertz CT molecular complexity index is 642. The first kappa shape index (κ1) is 12.8. The highest BCUT2D eigenvalue weighted by Gasteiger charge is 2.36. The standard InChI is InChI=1S/C12H16N6O2/c1-7-9(6-17(2)14-7)12-13-15-16-18(12)10(5-11(19)20)8-3-4-8/h6,8,10H,3-5H2,1-2H3,(H,19,20). The third kappa shape index (κ3) is 2.28. The predicted molar refractivity (Wildman–Crippen MR) is 68.8 cm³/mol. The molecular formula is C12H16N6O2. The fraction of sp³-hybridized carbons (Fsp3) is 0.583. The van der Waals surface area contributed by atoms with Gasteiger partial charge >= 0.3 is 5.97 Å². The van der Waals surface area contributed by atoms with Crippen LogP contribution in [0.15, 0.2) is 6.20 Å². The number of aliphatic carboxylic acids is 1. The number of aryl methyl sites for hydroxylation is 2. The highest BCUT2D eigenvalue weighted by Crippen LogP contribution is 2.42. The number of carboxylic acids is 1. The SMILES string of the molecule is Cc1nn(C)cc1-c1nnnn1C(CC(=O)O)C1CC1. The normalized spacial score (nSPS) is 16.3. The zero-order chi connectivity index (χ0) is 14.3. The molecule has 3 rings (SSSR count). The summed E-state index contributed by atoms with van der Waals surface area (Å²) in [5.74, 6) is 0.116. The lowest BCUT2D eigenvalue weighted by atomic mass is 10.1. The average Bonchev–Trinajstić information content (AvgIpc) is 3.00. The molecule has 0 saturated heterocycles. The van der Waals surface area contributed by atoms with Crippen LogP contribution < -0.4 is 0 Å². The van der Waals surface area contributed by atoms with Crippen molar-refractivity contribution in [2.24, 2.45) is 13.0 Å². The van der Waals surface area contributed by atoms with E-state index < -0.39 is 5.97 Å². The minimum Gasteiger partial charge on any atom is -0.481 e. The third-order valence-corrected chi connectivity index (χ3v) is 3.61. The number of aromatic nitrogens is 6. The molecule has 0 radical (unpaired) electrons. The molecule has 2 aromatic heterocycles. The number of hydrogen-bond acceptors (Lipinski definition) is 5. The molecule has 1 saturated carbocycles. The maximum Gasteiger partial charge on any atom is 0.305 e. The van der Waals surface area contributed by atoms with Gasteiger partial charge in [-0.15, -0.1) is 5.10 Å². The molecule has 1 fully saturated rings. The highest BCUT2D eigenvalue weighted by atomic mass is 16.4. The van der Waals surface area contributed by atoms with Crippen molar-refractivity contribution in [3.8, 4) is 11.4 Å². The number of hydrogen-bond donors (Lipinski definition) is 1. The Morgan fingerprint density at radius 2 is 2.30 bits per heavy atom. The smallest absolute Gasteiger partial charge is 0.305 e. The van der Waals surface area contributed by atoms with Crippen molar-refractivity contribution in [3.63, 3.8) is 0 Å². The van der Waals surface area contributed by atoms with E-state index in [-0.39, 0.29) is 12.5 Å².